The molecule has 0 bridgehead atoms. The molecule has 0 radical (unpaired) electrons. The molecule has 0 saturated heterocycles. The highest BCUT2D eigenvalue weighted by atomic mass is 16.2. The number of nitrogens with zero attached hydrogens (tertiary/aromatic N) is 1. The third kappa shape index (κ3) is 6.14. The number of benzene rings is 3. The van der Waals surface area contributed by atoms with Gasteiger partial charge in [-0.25, -0.2) is 5.43 Å². The molecular weight excluding hydrogens is 362 g/mol. The molecule has 2 amide bonds. The van der Waals surface area contributed by atoms with Crippen molar-refractivity contribution >= 4 is 23.2 Å². The lowest BCUT2D eigenvalue weighted by molar-refractivity contribution is -0.124. The average molecular weight is 385 g/mol. The van der Waals surface area contributed by atoms with Gasteiger partial charge in [0.25, 0.3) is 0 Å². The number of carbonyl (C=O) groups is 2. The number of para-hydroxylation sites is 1. The van der Waals surface area contributed by atoms with Gasteiger partial charge in [-0.1, -0.05) is 72.8 Å². The molecule has 0 unspecified atom stereocenters. The van der Waals surface area contributed by atoms with Gasteiger partial charge in [-0.3, -0.25) is 9.59 Å². The molecule has 0 aromatic heterocycles. The molecule has 0 fully saturated rings. The van der Waals surface area contributed by atoms with Gasteiger partial charge >= 0.3 is 0 Å². The van der Waals surface area contributed by atoms with Gasteiger partial charge in [-0.2, -0.15) is 5.10 Å². The van der Waals surface area contributed by atoms with Crippen molar-refractivity contribution < 1.29 is 9.59 Å². The summed E-state index contributed by atoms with van der Waals surface area (Å²) >= 11 is 0. The minimum Gasteiger partial charge on any atom is -0.326 e. The van der Waals surface area contributed by atoms with E-state index in [9.17, 15) is 9.59 Å². The SMILES string of the molecule is C/C(=N/NC(=O)CCC(=O)Nc1ccccc1)c1ccc(-c2ccccc2)cc1. The molecule has 3 aromatic carbocycles. The van der Waals surface area contributed by atoms with E-state index >= 15 is 0 Å². The van der Waals surface area contributed by atoms with Gasteiger partial charge in [0.15, 0.2) is 0 Å². The van der Waals surface area contributed by atoms with Crippen molar-refractivity contribution in [3.05, 3.63) is 90.5 Å². The Bertz CT molecular complexity index is 982. The highest BCUT2D eigenvalue weighted by Gasteiger charge is 2.07. The number of hydrazone groups is 1. The number of rotatable bonds is 7. The molecule has 5 heteroatoms. The van der Waals surface area contributed by atoms with Crippen LogP contribution in [-0.4, -0.2) is 17.5 Å². The largest absolute Gasteiger partial charge is 0.326 e. The van der Waals surface area contributed by atoms with E-state index in [2.05, 4.69) is 28.0 Å². The highest BCUT2D eigenvalue weighted by Crippen LogP contribution is 2.19. The van der Waals surface area contributed by atoms with E-state index in [1.165, 1.54) is 0 Å². The smallest absolute Gasteiger partial charge is 0.240 e. The van der Waals surface area contributed by atoms with E-state index < -0.39 is 0 Å². The molecule has 29 heavy (non-hydrogen) atoms. The fourth-order valence-electron chi connectivity index (χ4n) is 2.77. The maximum Gasteiger partial charge on any atom is 0.240 e. The van der Waals surface area contributed by atoms with E-state index in [-0.39, 0.29) is 24.7 Å². The van der Waals surface area contributed by atoms with Crippen molar-refractivity contribution in [3.63, 3.8) is 0 Å². The van der Waals surface area contributed by atoms with Crippen LogP contribution in [0.5, 0.6) is 0 Å². The lowest BCUT2D eigenvalue weighted by Crippen LogP contribution is -2.21. The summed E-state index contributed by atoms with van der Waals surface area (Å²) in [5.74, 6) is -0.503. The molecule has 0 atom stereocenters. The van der Waals surface area contributed by atoms with Crippen molar-refractivity contribution in [2.75, 3.05) is 5.32 Å². The van der Waals surface area contributed by atoms with Crippen LogP contribution in [0.3, 0.4) is 0 Å². The number of amides is 2. The molecule has 3 aromatic rings. The van der Waals surface area contributed by atoms with Crippen LogP contribution in [0.1, 0.15) is 25.3 Å². The van der Waals surface area contributed by atoms with Crippen LogP contribution in [0.4, 0.5) is 5.69 Å². The zero-order valence-electron chi connectivity index (χ0n) is 16.3. The normalized spacial score (nSPS) is 11.0. The van der Waals surface area contributed by atoms with Crippen molar-refractivity contribution in [1.82, 2.24) is 5.43 Å². The average Bonchev–Trinajstić information content (AvgIpc) is 2.77. The second-order valence-electron chi connectivity index (χ2n) is 6.59. The Kier molecular flexibility index (Phi) is 6.90. The zero-order chi connectivity index (χ0) is 20.5. The van der Waals surface area contributed by atoms with E-state index in [4.69, 9.17) is 0 Å². The topological polar surface area (TPSA) is 70.6 Å². The van der Waals surface area contributed by atoms with E-state index in [0.717, 1.165) is 16.7 Å². The first-order valence-electron chi connectivity index (χ1n) is 9.46. The molecule has 0 spiro atoms. The van der Waals surface area contributed by atoms with Crippen molar-refractivity contribution in [2.24, 2.45) is 5.10 Å². The third-order valence-corrected chi connectivity index (χ3v) is 4.39. The Morgan fingerprint density at radius 2 is 1.28 bits per heavy atom. The predicted octanol–water partition coefficient (Wildman–Crippen LogP) is 4.61. The summed E-state index contributed by atoms with van der Waals surface area (Å²) in [6.07, 6.45) is 0.170. The number of carbonyl (C=O) groups excluding carboxylic acids is 2. The van der Waals surface area contributed by atoms with Crippen LogP contribution < -0.4 is 10.7 Å². The van der Waals surface area contributed by atoms with Crippen LogP contribution in [0, 0.1) is 0 Å². The molecule has 0 aliphatic heterocycles. The van der Waals surface area contributed by atoms with Crippen molar-refractivity contribution in [2.45, 2.75) is 19.8 Å². The second kappa shape index (κ2) is 9.99. The molecule has 0 aliphatic carbocycles. The quantitative estimate of drug-likeness (QED) is 0.460. The van der Waals surface area contributed by atoms with E-state index in [1.54, 1.807) is 12.1 Å². The van der Waals surface area contributed by atoms with Gasteiger partial charge < -0.3 is 5.32 Å². The molecule has 5 nitrogen and oxygen atoms in total. The summed E-state index contributed by atoms with van der Waals surface area (Å²) in [6.45, 7) is 1.83. The number of hydrogen-bond acceptors (Lipinski definition) is 3. The van der Waals surface area contributed by atoms with Gasteiger partial charge in [0.1, 0.15) is 0 Å². The maximum absolute atomic E-state index is 12.0. The number of anilines is 1. The first kappa shape index (κ1) is 20.0. The minimum atomic E-state index is -0.298. The molecule has 3 rings (SSSR count). The first-order chi connectivity index (χ1) is 14.1. The van der Waals surface area contributed by atoms with Gasteiger partial charge in [-0.15, -0.1) is 0 Å². The van der Waals surface area contributed by atoms with Crippen LogP contribution in [0.15, 0.2) is 90.0 Å². The maximum atomic E-state index is 12.0. The zero-order valence-corrected chi connectivity index (χ0v) is 16.3. The third-order valence-electron chi connectivity index (χ3n) is 4.39. The molecular formula is C24H23N3O2. The van der Waals surface area contributed by atoms with Crippen molar-refractivity contribution in [1.29, 1.82) is 0 Å². The summed E-state index contributed by atoms with van der Waals surface area (Å²) < 4.78 is 0. The standard InChI is InChI=1S/C24H23N3O2/c1-18(19-12-14-21(15-13-19)20-8-4-2-5-9-20)26-27-24(29)17-16-23(28)25-22-10-6-3-7-11-22/h2-15H,16-17H2,1H3,(H,25,28)(H,27,29)/b26-18-. The summed E-state index contributed by atoms with van der Waals surface area (Å²) in [6, 6.07) is 27.3. The van der Waals surface area contributed by atoms with Crippen molar-refractivity contribution in [3.8, 4) is 11.1 Å². The lowest BCUT2D eigenvalue weighted by Gasteiger charge is -2.06. The van der Waals surface area contributed by atoms with E-state index in [1.807, 2.05) is 67.6 Å². The Labute approximate surface area is 170 Å². The summed E-state index contributed by atoms with van der Waals surface area (Å²) in [5.41, 5.74) is 7.12. The molecule has 2 N–H and O–H groups in total. The molecule has 0 heterocycles. The molecule has 146 valence electrons. The van der Waals surface area contributed by atoms with Crippen LogP contribution in [0.25, 0.3) is 11.1 Å². The van der Waals surface area contributed by atoms with Crippen LogP contribution in [0.2, 0.25) is 0 Å². The number of hydrogen-bond donors (Lipinski definition) is 2. The summed E-state index contributed by atoms with van der Waals surface area (Å²) in [7, 11) is 0. The highest BCUT2D eigenvalue weighted by molar-refractivity contribution is 5.99. The molecule has 0 saturated carbocycles. The fraction of sp³-hybridized carbons (Fsp3) is 0.125. The molecule has 0 aliphatic rings. The summed E-state index contributed by atoms with van der Waals surface area (Å²) in [4.78, 5) is 23.9. The minimum absolute atomic E-state index is 0.0718. The monoisotopic (exact) mass is 385 g/mol. The summed E-state index contributed by atoms with van der Waals surface area (Å²) in [5, 5.41) is 6.90. The van der Waals surface area contributed by atoms with Gasteiger partial charge in [-0.05, 0) is 35.7 Å². The van der Waals surface area contributed by atoms with Gasteiger partial charge in [0, 0.05) is 18.5 Å². The Morgan fingerprint density at radius 1 is 0.724 bits per heavy atom. The first-order valence-corrected chi connectivity index (χ1v) is 9.46. The predicted molar refractivity (Wildman–Crippen MR) is 117 cm³/mol. The fourth-order valence-corrected chi connectivity index (χ4v) is 2.77. The Morgan fingerprint density at radius 3 is 1.93 bits per heavy atom. The van der Waals surface area contributed by atoms with E-state index in [0.29, 0.717) is 11.4 Å². The van der Waals surface area contributed by atoms with Gasteiger partial charge in [0.05, 0.1) is 5.71 Å². The lowest BCUT2D eigenvalue weighted by atomic mass is 10.0. The van der Waals surface area contributed by atoms with Crippen LogP contribution in [-0.2, 0) is 9.59 Å². The Balaban J connectivity index is 1.48. The number of nitrogens with one attached hydrogen (secondary N) is 2. The van der Waals surface area contributed by atoms with Crippen LogP contribution >= 0.6 is 0 Å². The second-order valence-corrected chi connectivity index (χ2v) is 6.59. The Hall–Kier alpha value is -3.73. The van der Waals surface area contributed by atoms with Gasteiger partial charge in [0.2, 0.25) is 11.8 Å².